The third-order valence-electron chi connectivity index (χ3n) is 3.96. The Hall–Kier alpha value is -0.0900. The maximum Gasteiger partial charge on any atom is 0.0464 e. The van der Waals surface area contributed by atoms with Crippen LogP contribution in [0.4, 0.5) is 0 Å². The molecule has 0 saturated carbocycles. The minimum atomic E-state index is 0.302. The van der Waals surface area contributed by atoms with E-state index < -0.39 is 0 Å². The zero-order valence-corrected chi connectivity index (χ0v) is 14.0. The maximum absolute atomic E-state index is 6.29. The van der Waals surface area contributed by atoms with Crippen LogP contribution in [0, 0.1) is 5.92 Å². The van der Waals surface area contributed by atoms with Crippen LogP contribution < -0.4 is 5.32 Å². The van der Waals surface area contributed by atoms with Crippen molar-refractivity contribution >= 4 is 27.5 Å². The summed E-state index contributed by atoms with van der Waals surface area (Å²) in [4.78, 5) is 2.52. The summed E-state index contributed by atoms with van der Waals surface area (Å²) in [5.41, 5.74) is 1.18. The molecule has 0 amide bonds. The van der Waals surface area contributed by atoms with Gasteiger partial charge in [0.05, 0.1) is 0 Å². The molecule has 106 valence electrons. The van der Waals surface area contributed by atoms with E-state index in [9.17, 15) is 0 Å². The molecule has 4 heteroatoms. The number of benzene rings is 1. The van der Waals surface area contributed by atoms with Gasteiger partial charge in [0, 0.05) is 22.1 Å². The molecule has 0 aliphatic carbocycles. The first-order valence-electron chi connectivity index (χ1n) is 7.00. The summed E-state index contributed by atoms with van der Waals surface area (Å²) < 4.78 is 1.03. The standard InChI is InChI=1S/C15H22BrClN2/c1-3-19-7-6-12(10-19)9-18-11(2)14-5-4-13(16)8-15(14)17/h4-5,8,11-12,18H,3,6-7,9-10H2,1-2H3. The Kier molecular flexibility index (Phi) is 5.70. The Balaban J connectivity index is 1.86. The SMILES string of the molecule is CCN1CCC(CNC(C)c2ccc(Br)cc2Cl)C1. The van der Waals surface area contributed by atoms with Crippen molar-refractivity contribution in [1.29, 1.82) is 0 Å². The number of nitrogens with one attached hydrogen (secondary N) is 1. The van der Waals surface area contributed by atoms with E-state index in [1.165, 1.54) is 31.6 Å². The predicted octanol–water partition coefficient (Wildman–Crippen LogP) is 4.09. The van der Waals surface area contributed by atoms with E-state index in [1.807, 2.05) is 12.1 Å². The second-order valence-electron chi connectivity index (χ2n) is 5.34. The first kappa shape index (κ1) is 15.3. The van der Waals surface area contributed by atoms with Gasteiger partial charge in [0.2, 0.25) is 0 Å². The third-order valence-corrected chi connectivity index (χ3v) is 4.78. The lowest BCUT2D eigenvalue weighted by atomic mass is 10.1. The van der Waals surface area contributed by atoms with Crippen molar-refractivity contribution in [3.63, 3.8) is 0 Å². The molecule has 2 unspecified atom stereocenters. The van der Waals surface area contributed by atoms with Gasteiger partial charge in [0.1, 0.15) is 0 Å². The van der Waals surface area contributed by atoms with Crippen LogP contribution in [0.2, 0.25) is 5.02 Å². The molecule has 1 N–H and O–H groups in total. The van der Waals surface area contributed by atoms with E-state index in [0.29, 0.717) is 6.04 Å². The number of halogens is 2. The molecular formula is C15H22BrClN2. The molecular weight excluding hydrogens is 324 g/mol. The van der Waals surface area contributed by atoms with Crippen molar-refractivity contribution in [1.82, 2.24) is 10.2 Å². The van der Waals surface area contributed by atoms with E-state index >= 15 is 0 Å². The van der Waals surface area contributed by atoms with Crippen molar-refractivity contribution in [3.05, 3.63) is 33.3 Å². The Labute approximate surface area is 129 Å². The fraction of sp³-hybridized carbons (Fsp3) is 0.600. The quantitative estimate of drug-likeness (QED) is 0.864. The van der Waals surface area contributed by atoms with Crippen LogP contribution in [0.3, 0.4) is 0 Å². The summed E-state index contributed by atoms with van der Waals surface area (Å²) in [6.07, 6.45) is 1.31. The van der Waals surface area contributed by atoms with Crippen molar-refractivity contribution in [2.24, 2.45) is 5.92 Å². The molecule has 1 aliphatic rings. The first-order chi connectivity index (χ1) is 9.10. The molecule has 0 aromatic heterocycles. The van der Waals surface area contributed by atoms with Crippen LogP contribution >= 0.6 is 27.5 Å². The van der Waals surface area contributed by atoms with Gasteiger partial charge in [-0.3, -0.25) is 0 Å². The first-order valence-corrected chi connectivity index (χ1v) is 8.18. The minimum Gasteiger partial charge on any atom is -0.310 e. The lowest BCUT2D eigenvalue weighted by molar-refractivity contribution is 0.336. The van der Waals surface area contributed by atoms with Gasteiger partial charge >= 0.3 is 0 Å². The lowest BCUT2D eigenvalue weighted by Gasteiger charge is -2.19. The molecule has 0 bridgehead atoms. The molecule has 1 aliphatic heterocycles. The summed E-state index contributed by atoms with van der Waals surface area (Å²) in [7, 11) is 0. The van der Waals surface area contributed by atoms with Crippen LogP contribution in [-0.2, 0) is 0 Å². The molecule has 19 heavy (non-hydrogen) atoms. The number of likely N-dealkylation sites (tertiary alicyclic amines) is 1. The molecule has 2 rings (SSSR count). The average molecular weight is 346 g/mol. The second kappa shape index (κ2) is 7.07. The average Bonchev–Trinajstić information content (AvgIpc) is 2.84. The van der Waals surface area contributed by atoms with Gasteiger partial charge in [-0.2, -0.15) is 0 Å². The van der Waals surface area contributed by atoms with Gasteiger partial charge in [0.25, 0.3) is 0 Å². The van der Waals surface area contributed by atoms with E-state index in [2.05, 4.69) is 46.1 Å². The number of hydrogen-bond acceptors (Lipinski definition) is 2. The Morgan fingerprint density at radius 3 is 2.95 bits per heavy atom. The molecule has 0 spiro atoms. The van der Waals surface area contributed by atoms with Crippen LogP contribution in [0.5, 0.6) is 0 Å². The monoisotopic (exact) mass is 344 g/mol. The second-order valence-corrected chi connectivity index (χ2v) is 6.67. The summed E-state index contributed by atoms with van der Waals surface area (Å²) in [6, 6.07) is 6.41. The van der Waals surface area contributed by atoms with Crippen molar-refractivity contribution < 1.29 is 0 Å². The van der Waals surface area contributed by atoms with Crippen molar-refractivity contribution in [2.75, 3.05) is 26.2 Å². The number of hydrogen-bond donors (Lipinski definition) is 1. The van der Waals surface area contributed by atoms with Crippen molar-refractivity contribution in [3.8, 4) is 0 Å². The predicted molar refractivity (Wildman–Crippen MR) is 85.8 cm³/mol. The summed E-state index contributed by atoms with van der Waals surface area (Å²) in [5, 5.41) is 4.45. The topological polar surface area (TPSA) is 15.3 Å². The molecule has 2 nitrogen and oxygen atoms in total. The Morgan fingerprint density at radius 2 is 2.32 bits per heavy atom. The molecule has 1 fully saturated rings. The van der Waals surface area contributed by atoms with Gasteiger partial charge in [-0.15, -0.1) is 0 Å². The highest BCUT2D eigenvalue weighted by Gasteiger charge is 2.21. The number of rotatable bonds is 5. The maximum atomic E-state index is 6.29. The Morgan fingerprint density at radius 1 is 1.53 bits per heavy atom. The Bertz CT molecular complexity index is 425. The van der Waals surface area contributed by atoms with E-state index in [0.717, 1.165) is 22.0 Å². The van der Waals surface area contributed by atoms with Gasteiger partial charge in [-0.25, -0.2) is 0 Å². The zero-order valence-electron chi connectivity index (χ0n) is 11.6. The molecule has 2 atom stereocenters. The van der Waals surface area contributed by atoms with Gasteiger partial charge in [-0.05, 0) is 56.6 Å². The zero-order chi connectivity index (χ0) is 13.8. The minimum absolute atomic E-state index is 0.302. The van der Waals surface area contributed by atoms with Gasteiger partial charge in [0.15, 0.2) is 0 Å². The molecule has 1 heterocycles. The van der Waals surface area contributed by atoms with Gasteiger partial charge < -0.3 is 10.2 Å². The smallest absolute Gasteiger partial charge is 0.0464 e. The van der Waals surface area contributed by atoms with Gasteiger partial charge in [-0.1, -0.05) is 40.5 Å². The van der Waals surface area contributed by atoms with Crippen LogP contribution in [0.15, 0.2) is 22.7 Å². The fourth-order valence-electron chi connectivity index (χ4n) is 2.67. The van der Waals surface area contributed by atoms with Crippen LogP contribution in [0.1, 0.15) is 31.9 Å². The fourth-order valence-corrected chi connectivity index (χ4v) is 3.51. The largest absolute Gasteiger partial charge is 0.310 e. The molecule has 1 aromatic carbocycles. The summed E-state index contributed by atoms with van der Waals surface area (Å²) in [5.74, 6) is 0.775. The molecule has 1 saturated heterocycles. The molecule has 0 radical (unpaired) electrons. The highest BCUT2D eigenvalue weighted by atomic mass is 79.9. The highest BCUT2D eigenvalue weighted by molar-refractivity contribution is 9.10. The third kappa shape index (κ3) is 4.19. The van der Waals surface area contributed by atoms with E-state index in [4.69, 9.17) is 11.6 Å². The lowest BCUT2D eigenvalue weighted by Crippen LogP contribution is -2.28. The highest BCUT2D eigenvalue weighted by Crippen LogP contribution is 2.26. The van der Waals surface area contributed by atoms with Crippen LogP contribution in [0.25, 0.3) is 0 Å². The number of nitrogens with zero attached hydrogens (tertiary/aromatic N) is 1. The molecule has 1 aromatic rings. The van der Waals surface area contributed by atoms with E-state index in [-0.39, 0.29) is 0 Å². The summed E-state index contributed by atoms with van der Waals surface area (Å²) in [6.45, 7) is 9.14. The van der Waals surface area contributed by atoms with Crippen LogP contribution in [-0.4, -0.2) is 31.1 Å². The normalized spacial score (nSPS) is 21.8. The summed E-state index contributed by atoms with van der Waals surface area (Å²) >= 11 is 9.73. The van der Waals surface area contributed by atoms with Crippen molar-refractivity contribution in [2.45, 2.75) is 26.3 Å². The van der Waals surface area contributed by atoms with E-state index in [1.54, 1.807) is 0 Å².